The maximum atomic E-state index is 11.9. The fourth-order valence-electron chi connectivity index (χ4n) is 3.43. The first-order chi connectivity index (χ1) is 8.04. The molecule has 1 unspecified atom stereocenters. The maximum absolute atomic E-state index is 11.9. The van der Waals surface area contributed by atoms with E-state index in [4.69, 9.17) is 0 Å². The zero-order valence-electron chi connectivity index (χ0n) is 13.1. The van der Waals surface area contributed by atoms with Crippen LogP contribution >= 0.6 is 0 Å². The number of hydrogen-bond donors (Lipinski definition) is 1. The highest BCUT2D eigenvalue weighted by atomic mass is 16.1. The Morgan fingerprint density at radius 1 is 1.22 bits per heavy atom. The van der Waals surface area contributed by atoms with Gasteiger partial charge in [-0.25, -0.2) is 5.01 Å². The second kappa shape index (κ2) is 5.30. The molecule has 0 amide bonds. The Morgan fingerprint density at radius 2 is 1.78 bits per heavy atom. The van der Waals surface area contributed by atoms with Gasteiger partial charge in [0.15, 0.2) is 0 Å². The first-order valence-corrected chi connectivity index (χ1v) is 7.01. The number of hydrazine groups is 1. The molecule has 0 aliphatic carbocycles. The third-order valence-electron chi connectivity index (χ3n) is 4.25. The summed E-state index contributed by atoms with van der Waals surface area (Å²) in [6, 6.07) is 0.246. The first kappa shape index (κ1) is 15.6. The number of ketones is 1. The summed E-state index contributed by atoms with van der Waals surface area (Å²) in [5, 5.41) is 2.12. The molecule has 0 spiro atoms. The second-order valence-electron chi connectivity index (χ2n) is 7.61. The molecule has 1 N–H and O–H groups in total. The zero-order valence-corrected chi connectivity index (χ0v) is 13.1. The topological polar surface area (TPSA) is 32.3 Å². The molecule has 1 aliphatic rings. The van der Waals surface area contributed by atoms with Crippen molar-refractivity contribution in [3.05, 3.63) is 0 Å². The lowest BCUT2D eigenvalue weighted by molar-refractivity contribution is -0.124. The minimum atomic E-state index is 0.117. The molecule has 0 aromatic heterocycles. The molecule has 3 heteroatoms. The van der Waals surface area contributed by atoms with Crippen LogP contribution in [0.2, 0.25) is 0 Å². The Hall–Kier alpha value is -0.410. The molecule has 1 fully saturated rings. The van der Waals surface area contributed by atoms with Crippen molar-refractivity contribution < 1.29 is 4.79 Å². The molecular formula is C15H30N2O. The summed E-state index contributed by atoms with van der Waals surface area (Å²) in [6.45, 7) is 14.0. The van der Waals surface area contributed by atoms with Crippen molar-refractivity contribution in [1.82, 2.24) is 10.4 Å². The molecule has 1 aliphatic heterocycles. The molecule has 0 aromatic rings. The molecule has 0 saturated carbocycles. The van der Waals surface area contributed by atoms with Crippen LogP contribution in [0.5, 0.6) is 0 Å². The van der Waals surface area contributed by atoms with Gasteiger partial charge in [-0.2, -0.15) is 0 Å². The van der Waals surface area contributed by atoms with Crippen molar-refractivity contribution in [2.45, 2.75) is 60.4 Å². The number of hydrogen-bond acceptors (Lipinski definition) is 3. The van der Waals surface area contributed by atoms with Crippen molar-refractivity contribution in [2.24, 2.45) is 16.7 Å². The molecule has 18 heavy (non-hydrogen) atoms. The lowest BCUT2D eigenvalue weighted by Crippen LogP contribution is -2.48. The second-order valence-corrected chi connectivity index (χ2v) is 7.61. The van der Waals surface area contributed by atoms with E-state index in [1.807, 2.05) is 0 Å². The normalized spacial score (nSPS) is 33.3. The van der Waals surface area contributed by atoms with Gasteiger partial charge in [0.05, 0.1) is 0 Å². The monoisotopic (exact) mass is 254 g/mol. The average Bonchev–Trinajstić information content (AvgIpc) is 2.21. The van der Waals surface area contributed by atoms with Crippen LogP contribution < -0.4 is 5.43 Å². The summed E-state index contributed by atoms with van der Waals surface area (Å²) >= 11 is 0. The molecule has 3 nitrogen and oxygen atoms in total. The van der Waals surface area contributed by atoms with Crippen LogP contribution in [0.3, 0.4) is 0 Å². The number of Topliss-reactive ketones (excluding diaryl/α,β-unsaturated/α-hetero) is 1. The Kier molecular flexibility index (Phi) is 4.60. The maximum Gasteiger partial charge on any atom is 0.134 e. The van der Waals surface area contributed by atoms with Crippen molar-refractivity contribution in [3.8, 4) is 0 Å². The predicted molar refractivity (Wildman–Crippen MR) is 76.2 cm³/mol. The van der Waals surface area contributed by atoms with Gasteiger partial charge in [-0.3, -0.25) is 10.2 Å². The lowest BCUT2D eigenvalue weighted by atomic mass is 9.70. The van der Waals surface area contributed by atoms with Crippen molar-refractivity contribution in [1.29, 1.82) is 0 Å². The molecule has 1 rings (SSSR count). The fourth-order valence-corrected chi connectivity index (χ4v) is 3.43. The zero-order chi connectivity index (χ0) is 14.1. The summed E-state index contributed by atoms with van der Waals surface area (Å²) in [6.07, 6.45) is 2.11. The van der Waals surface area contributed by atoms with E-state index < -0.39 is 0 Å². The number of carbonyl (C=O) groups excluding carboxylic acids is 1. The van der Waals surface area contributed by atoms with Crippen LogP contribution in [0.4, 0.5) is 0 Å². The predicted octanol–water partition coefficient (Wildman–Crippen LogP) is 2.86. The van der Waals surface area contributed by atoms with Gasteiger partial charge in [0.1, 0.15) is 5.78 Å². The van der Waals surface area contributed by atoms with Gasteiger partial charge in [-0.15, -0.1) is 0 Å². The van der Waals surface area contributed by atoms with E-state index in [9.17, 15) is 4.79 Å². The van der Waals surface area contributed by atoms with Crippen LogP contribution in [-0.2, 0) is 4.79 Å². The highest BCUT2D eigenvalue weighted by Gasteiger charge is 2.37. The van der Waals surface area contributed by atoms with Gasteiger partial charge in [-0.1, -0.05) is 27.7 Å². The SMILES string of the molecule is CC(=O)C1CC(C)(C)CC(C)(C)CNN(C)[C@@H]1C. The molecule has 1 heterocycles. The largest absolute Gasteiger partial charge is 0.300 e. The smallest absolute Gasteiger partial charge is 0.134 e. The Balaban J connectivity index is 3.01. The van der Waals surface area contributed by atoms with E-state index in [1.54, 1.807) is 6.92 Å². The van der Waals surface area contributed by atoms with E-state index in [0.29, 0.717) is 5.78 Å². The van der Waals surface area contributed by atoms with Gasteiger partial charge >= 0.3 is 0 Å². The molecular weight excluding hydrogens is 224 g/mol. The summed E-state index contributed by atoms with van der Waals surface area (Å²) in [4.78, 5) is 11.9. The molecule has 0 radical (unpaired) electrons. The van der Waals surface area contributed by atoms with E-state index in [2.05, 4.69) is 52.1 Å². The molecule has 1 saturated heterocycles. The van der Waals surface area contributed by atoms with Gasteiger partial charge in [0.25, 0.3) is 0 Å². The summed E-state index contributed by atoms with van der Waals surface area (Å²) < 4.78 is 0. The van der Waals surface area contributed by atoms with E-state index in [1.165, 1.54) is 0 Å². The third kappa shape index (κ3) is 4.06. The van der Waals surface area contributed by atoms with Gasteiger partial charge in [0, 0.05) is 25.6 Å². The van der Waals surface area contributed by atoms with Crippen LogP contribution in [0, 0.1) is 16.7 Å². The number of carbonyl (C=O) groups is 1. The molecule has 0 aromatic carbocycles. The van der Waals surface area contributed by atoms with Crippen molar-refractivity contribution >= 4 is 5.78 Å². The quantitative estimate of drug-likeness (QED) is 0.781. The fraction of sp³-hybridized carbons (Fsp3) is 0.933. The third-order valence-corrected chi connectivity index (χ3v) is 4.25. The minimum Gasteiger partial charge on any atom is -0.300 e. The van der Waals surface area contributed by atoms with Crippen molar-refractivity contribution in [3.63, 3.8) is 0 Å². The van der Waals surface area contributed by atoms with Crippen molar-refractivity contribution in [2.75, 3.05) is 13.6 Å². The van der Waals surface area contributed by atoms with Gasteiger partial charge in [-0.05, 0) is 37.5 Å². The van der Waals surface area contributed by atoms with E-state index in [0.717, 1.165) is 19.4 Å². The Labute approximate surface area is 112 Å². The Morgan fingerprint density at radius 3 is 2.28 bits per heavy atom. The number of rotatable bonds is 1. The first-order valence-electron chi connectivity index (χ1n) is 7.01. The van der Waals surface area contributed by atoms with Crippen LogP contribution in [-0.4, -0.2) is 30.4 Å². The van der Waals surface area contributed by atoms with Crippen LogP contribution in [0.1, 0.15) is 54.4 Å². The summed E-state index contributed by atoms with van der Waals surface area (Å²) in [5.41, 5.74) is 3.93. The number of nitrogens with one attached hydrogen (secondary N) is 1. The summed E-state index contributed by atoms with van der Waals surface area (Å²) in [5.74, 6) is 0.426. The highest BCUT2D eigenvalue weighted by Crippen LogP contribution is 2.40. The standard InChI is InChI=1S/C15H30N2O/c1-11-13(12(2)18)8-14(3,4)9-15(5,6)10-16-17(11)7/h11,13,16H,8-10H2,1-7H3/t11-,13?/m1/s1. The minimum absolute atomic E-state index is 0.117. The van der Waals surface area contributed by atoms with Gasteiger partial charge in [0.2, 0.25) is 0 Å². The molecule has 2 atom stereocenters. The van der Waals surface area contributed by atoms with Crippen LogP contribution in [0.25, 0.3) is 0 Å². The van der Waals surface area contributed by atoms with E-state index >= 15 is 0 Å². The molecule has 106 valence electrons. The van der Waals surface area contributed by atoms with Crippen LogP contribution in [0.15, 0.2) is 0 Å². The highest BCUT2D eigenvalue weighted by molar-refractivity contribution is 5.79. The lowest BCUT2D eigenvalue weighted by Gasteiger charge is -2.35. The number of nitrogens with zero attached hydrogens (tertiary/aromatic N) is 1. The summed E-state index contributed by atoms with van der Waals surface area (Å²) in [7, 11) is 2.05. The average molecular weight is 254 g/mol. The van der Waals surface area contributed by atoms with Gasteiger partial charge < -0.3 is 0 Å². The Bertz CT molecular complexity index is 310. The van der Waals surface area contributed by atoms with E-state index in [-0.39, 0.29) is 22.8 Å². The molecule has 0 bridgehead atoms.